The zero-order valence-corrected chi connectivity index (χ0v) is 36.2. The molecule has 1 aromatic heterocycles. The van der Waals surface area contributed by atoms with E-state index in [0.29, 0.717) is 0 Å². The SMILES string of the molecule is c1ccc(C2(c3ccccc3)c3ccccc3-c3cc(N(c4ccc(-c5ccc6occc6c5)cc4)c4ccc5c(c4)-c4ccccc4C5(c4ccccc4)c4ccccc4)ccc32)cc1. The van der Waals surface area contributed by atoms with E-state index in [1.165, 1.54) is 66.8 Å². The van der Waals surface area contributed by atoms with Crippen LogP contribution in [0.1, 0.15) is 44.5 Å². The molecule has 0 amide bonds. The summed E-state index contributed by atoms with van der Waals surface area (Å²) in [5, 5.41) is 1.10. The van der Waals surface area contributed by atoms with Gasteiger partial charge in [-0.15, -0.1) is 0 Å². The van der Waals surface area contributed by atoms with Gasteiger partial charge in [-0.3, -0.25) is 0 Å². The molecule has 310 valence electrons. The van der Waals surface area contributed by atoms with Crippen LogP contribution in [0.4, 0.5) is 17.1 Å². The largest absolute Gasteiger partial charge is 0.464 e. The van der Waals surface area contributed by atoms with Gasteiger partial charge in [-0.25, -0.2) is 0 Å². The minimum absolute atomic E-state index is 0.481. The second-order valence-electron chi connectivity index (χ2n) is 17.6. The first-order valence-electron chi connectivity index (χ1n) is 22.8. The number of furan rings is 1. The lowest BCUT2D eigenvalue weighted by Gasteiger charge is -2.34. The smallest absolute Gasteiger partial charge is 0.133 e. The molecular weight excluding hydrogens is 799 g/mol. The standard InChI is InChI=1S/C64H43NO/c1-5-17-47(18-6-1)63(48-19-7-2-8-20-48)58-27-15-13-25-54(58)56-42-52(34-36-60(56)63)65(51-32-29-44(30-33-51)45-31-38-62-46(41-45)39-40-66-62)53-35-37-61-57(43-53)55-26-14-16-28-59(55)64(61,49-21-9-3-10-22-49)50-23-11-4-12-24-50/h1-43H. The molecule has 0 fully saturated rings. The van der Waals surface area contributed by atoms with E-state index in [9.17, 15) is 0 Å². The molecular formula is C64H43NO. The maximum atomic E-state index is 5.68. The topological polar surface area (TPSA) is 16.4 Å². The second kappa shape index (κ2) is 15.1. The Hall–Kier alpha value is -8.46. The molecule has 66 heavy (non-hydrogen) atoms. The van der Waals surface area contributed by atoms with Gasteiger partial charge < -0.3 is 9.32 Å². The van der Waals surface area contributed by atoms with Crippen molar-refractivity contribution in [1.82, 2.24) is 0 Å². The minimum Gasteiger partial charge on any atom is -0.464 e. The first-order chi connectivity index (χ1) is 32.7. The van der Waals surface area contributed by atoms with Gasteiger partial charge in [0, 0.05) is 22.4 Å². The van der Waals surface area contributed by atoms with Crippen molar-refractivity contribution < 1.29 is 4.42 Å². The molecule has 0 unspecified atom stereocenters. The summed E-state index contributed by atoms with van der Waals surface area (Å²) in [5.74, 6) is 0. The minimum atomic E-state index is -0.481. The molecule has 0 bridgehead atoms. The predicted octanol–water partition coefficient (Wildman–Crippen LogP) is 16.3. The Morgan fingerprint density at radius 3 is 1.15 bits per heavy atom. The Labute approximate surface area is 385 Å². The number of rotatable bonds is 8. The highest BCUT2D eigenvalue weighted by molar-refractivity contribution is 5.93. The van der Waals surface area contributed by atoms with Crippen molar-refractivity contribution in [2.75, 3.05) is 4.90 Å². The highest BCUT2D eigenvalue weighted by atomic mass is 16.3. The van der Waals surface area contributed by atoms with Crippen LogP contribution < -0.4 is 4.90 Å². The van der Waals surface area contributed by atoms with Gasteiger partial charge in [0.25, 0.3) is 0 Å². The molecule has 2 aliphatic carbocycles. The molecule has 13 rings (SSSR count). The van der Waals surface area contributed by atoms with E-state index in [1.54, 1.807) is 6.26 Å². The van der Waals surface area contributed by atoms with Crippen LogP contribution in [-0.2, 0) is 10.8 Å². The van der Waals surface area contributed by atoms with E-state index < -0.39 is 10.8 Å². The highest BCUT2D eigenvalue weighted by Gasteiger charge is 2.48. The molecule has 0 radical (unpaired) electrons. The fourth-order valence-electron chi connectivity index (χ4n) is 11.5. The Kier molecular flexibility index (Phi) is 8.69. The van der Waals surface area contributed by atoms with Gasteiger partial charge in [-0.05, 0) is 132 Å². The highest BCUT2D eigenvalue weighted by Crippen LogP contribution is 2.59. The quantitative estimate of drug-likeness (QED) is 0.152. The predicted molar refractivity (Wildman–Crippen MR) is 271 cm³/mol. The summed E-state index contributed by atoms with van der Waals surface area (Å²) in [6.07, 6.45) is 1.76. The Balaban J connectivity index is 1.04. The van der Waals surface area contributed by atoms with Gasteiger partial charge in [0.15, 0.2) is 0 Å². The van der Waals surface area contributed by atoms with Crippen molar-refractivity contribution in [2.45, 2.75) is 10.8 Å². The van der Waals surface area contributed by atoms with Crippen LogP contribution in [0.15, 0.2) is 265 Å². The fraction of sp³-hybridized carbons (Fsp3) is 0.0312. The molecule has 0 saturated heterocycles. The summed E-state index contributed by atoms with van der Waals surface area (Å²) in [6.45, 7) is 0. The van der Waals surface area contributed by atoms with Gasteiger partial charge >= 0.3 is 0 Å². The summed E-state index contributed by atoms with van der Waals surface area (Å²) in [7, 11) is 0. The average molecular weight is 842 g/mol. The van der Waals surface area contributed by atoms with Gasteiger partial charge in [-0.2, -0.15) is 0 Å². The summed E-state index contributed by atoms with van der Waals surface area (Å²) >= 11 is 0. The van der Waals surface area contributed by atoms with E-state index >= 15 is 0 Å². The van der Waals surface area contributed by atoms with Crippen molar-refractivity contribution >= 4 is 28.0 Å². The molecule has 2 nitrogen and oxygen atoms in total. The number of fused-ring (bicyclic) bond motifs is 7. The second-order valence-corrected chi connectivity index (χ2v) is 17.6. The molecule has 0 aliphatic heterocycles. The summed E-state index contributed by atoms with van der Waals surface area (Å²) in [6, 6.07) is 94.0. The molecule has 0 N–H and O–H groups in total. The third-order valence-electron chi connectivity index (χ3n) is 14.3. The fourth-order valence-corrected chi connectivity index (χ4v) is 11.5. The lowest BCUT2D eigenvalue weighted by atomic mass is 9.67. The third kappa shape index (κ3) is 5.55. The number of hydrogen-bond donors (Lipinski definition) is 0. The molecule has 0 atom stereocenters. The zero-order chi connectivity index (χ0) is 43.7. The molecule has 10 aromatic carbocycles. The average Bonchev–Trinajstić information content (AvgIpc) is 4.08. The normalized spacial score (nSPS) is 13.7. The van der Waals surface area contributed by atoms with Crippen molar-refractivity contribution in [3.63, 3.8) is 0 Å². The van der Waals surface area contributed by atoms with Crippen LogP contribution in [0, 0.1) is 0 Å². The van der Waals surface area contributed by atoms with Crippen molar-refractivity contribution in [2.24, 2.45) is 0 Å². The number of hydrogen-bond acceptors (Lipinski definition) is 2. The lowest BCUT2D eigenvalue weighted by molar-refractivity contribution is 0.616. The van der Waals surface area contributed by atoms with Gasteiger partial charge in [-0.1, -0.05) is 200 Å². The molecule has 2 heteroatoms. The Morgan fingerprint density at radius 2 is 0.682 bits per heavy atom. The van der Waals surface area contributed by atoms with E-state index in [2.05, 4.69) is 254 Å². The van der Waals surface area contributed by atoms with Crippen LogP contribution in [-0.4, -0.2) is 0 Å². The summed E-state index contributed by atoms with van der Waals surface area (Å²) < 4.78 is 5.68. The van der Waals surface area contributed by atoms with Gasteiger partial charge in [0.05, 0.1) is 17.1 Å². The Bertz CT molecular complexity index is 3310. The van der Waals surface area contributed by atoms with E-state index in [4.69, 9.17) is 4.42 Å². The first-order valence-corrected chi connectivity index (χ1v) is 22.8. The van der Waals surface area contributed by atoms with Crippen molar-refractivity contribution in [3.05, 3.63) is 306 Å². The first kappa shape index (κ1) is 38.0. The molecule has 1 heterocycles. The number of benzene rings is 10. The van der Waals surface area contributed by atoms with Crippen LogP contribution in [0.3, 0.4) is 0 Å². The monoisotopic (exact) mass is 841 g/mol. The summed E-state index contributed by atoms with van der Waals surface area (Å²) in [5.41, 5.74) is 20.7. The molecule has 11 aromatic rings. The molecule has 0 spiro atoms. The van der Waals surface area contributed by atoms with E-state index in [0.717, 1.165) is 39.2 Å². The maximum absolute atomic E-state index is 5.68. The van der Waals surface area contributed by atoms with Crippen LogP contribution >= 0.6 is 0 Å². The number of anilines is 3. The van der Waals surface area contributed by atoms with Crippen molar-refractivity contribution in [3.8, 4) is 33.4 Å². The maximum Gasteiger partial charge on any atom is 0.133 e. The van der Waals surface area contributed by atoms with E-state index in [1.807, 2.05) is 6.07 Å². The van der Waals surface area contributed by atoms with Crippen molar-refractivity contribution in [1.29, 1.82) is 0 Å². The number of nitrogens with zero attached hydrogens (tertiary/aromatic N) is 1. The van der Waals surface area contributed by atoms with Crippen LogP contribution in [0.5, 0.6) is 0 Å². The zero-order valence-electron chi connectivity index (χ0n) is 36.2. The third-order valence-corrected chi connectivity index (χ3v) is 14.3. The van der Waals surface area contributed by atoms with Crippen LogP contribution in [0.25, 0.3) is 44.3 Å². The summed E-state index contributed by atoms with van der Waals surface area (Å²) in [4.78, 5) is 2.45. The molecule has 2 aliphatic rings. The van der Waals surface area contributed by atoms with Crippen LogP contribution in [0.2, 0.25) is 0 Å². The van der Waals surface area contributed by atoms with Gasteiger partial charge in [0.2, 0.25) is 0 Å². The van der Waals surface area contributed by atoms with E-state index in [-0.39, 0.29) is 0 Å². The Morgan fingerprint density at radius 1 is 0.288 bits per heavy atom. The molecule has 0 saturated carbocycles. The lowest BCUT2D eigenvalue weighted by Crippen LogP contribution is -2.28. The van der Waals surface area contributed by atoms with Gasteiger partial charge in [0.1, 0.15) is 5.58 Å².